The minimum absolute atomic E-state index is 0.584. The van der Waals surface area contributed by atoms with E-state index in [9.17, 15) is 4.21 Å². The second kappa shape index (κ2) is 6.72. The van der Waals surface area contributed by atoms with Crippen molar-refractivity contribution in [1.29, 1.82) is 0 Å². The molecule has 0 spiro atoms. The van der Waals surface area contributed by atoms with Gasteiger partial charge in [-0.25, -0.2) is 0 Å². The molecule has 0 amide bonds. The molecule has 0 aliphatic carbocycles. The van der Waals surface area contributed by atoms with E-state index in [4.69, 9.17) is 4.74 Å². The smallest absolute Gasteiger partial charge is 0.119 e. The standard InChI is InChI=1S/C18H20O2S/c1-5-21(19)18-11-10-15(20-4)12-17(18)14(3)16-9-7-6-8-13(16)2/h6-12H,3,5H2,1-2,4H3. The van der Waals surface area contributed by atoms with Crippen molar-refractivity contribution in [2.24, 2.45) is 0 Å². The summed E-state index contributed by atoms with van der Waals surface area (Å²) in [5.41, 5.74) is 3.99. The molecule has 2 aromatic rings. The lowest BCUT2D eigenvalue weighted by molar-refractivity contribution is 0.414. The molecular formula is C18H20O2S. The van der Waals surface area contributed by atoms with Crippen molar-refractivity contribution in [1.82, 2.24) is 0 Å². The van der Waals surface area contributed by atoms with Crippen LogP contribution in [0.1, 0.15) is 23.6 Å². The van der Waals surface area contributed by atoms with E-state index in [0.29, 0.717) is 5.75 Å². The molecule has 0 fully saturated rings. The van der Waals surface area contributed by atoms with Crippen LogP contribution in [0, 0.1) is 6.92 Å². The first-order chi connectivity index (χ1) is 10.1. The number of hydrogen-bond donors (Lipinski definition) is 0. The van der Waals surface area contributed by atoms with E-state index in [2.05, 4.69) is 19.6 Å². The van der Waals surface area contributed by atoms with Crippen LogP contribution < -0.4 is 4.74 Å². The fourth-order valence-corrected chi connectivity index (χ4v) is 3.24. The summed E-state index contributed by atoms with van der Waals surface area (Å²) in [7, 11) is 0.602. The van der Waals surface area contributed by atoms with Gasteiger partial charge in [-0.15, -0.1) is 0 Å². The van der Waals surface area contributed by atoms with E-state index in [1.54, 1.807) is 7.11 Å². The molecule has 0 aliphatic heterocycles. The van der Waals surface area contributed by atoms with Gasteiger partial charge in [0.1, 0.15) is 5.75 Å². The number of benzene rings is 2. The normalized spacial score (nSPS) is 12.0. The van der Waals surface area contributed by atoms with Crippen molar-refractivity contribution in [3.05, 3.63) is 65.7 Å². The maximum Gasteiger partial charge on any atom is 0.119 e. The van der Waals surface area contributed by atoms with Gasteiger partial charge in [0.2, 0.25) is 0 Å². The van der Waals surface area contributed by atoms with Crippen LogP contribution in [0.15, 0.2) is 53.9 Å². The van der Waals surface area contributed by atoms with Gasteiger partial charge in [-0.3, -0.25) is 4.21 Å². The van der Waals surface area contributed by atoms with Gasteiger partial charge >= 0.3 is 0 Å². The van der Waals surface area contributed by atoms with Crippen LogP contribution in [0.4, 0.5) is 0 Å². The van der Waals surface area contributed by atoms with Crippen molar-refractivity contribution in [2.75, 3.05) is 12.9 Å². The summed E-state index contributed by atoms with van der Waals surface area (Å²) in [4.78, 5) is 0.812. The third-order valence-corrected chi connectivity index (χ3v) is 4.86. The lowest BCUT2D eigenvalue weighted by atomic mass is 9.96. The Labute approximate surface area is 128 Å². The first kappa shape index (κ1) is 15.5. The van der Waals surface area contributed by atoms with Crippen LogP contribution in [-0.2, 0) is 10.8 Å². The predicted octanol–water partition coefficient (Wildman–Crippen LogP) is 4.19. The lowest BCUT2D eigenvalue weighted by Gasteiger charge is -2.15. The summed E-state index contributed by atoms with van der Waals surface area (Å²) in [6.45, 7) is 8.19. The van der Waals surface area contributed by atoms with Crippen molar-refractivity contribution >= 4 is 16.4 Å². The molecule has 0 saturated carbocycles. The number of aryl methyl sites for hydroxylation is 1. The Hall–Kier alpha value is -1.87. The fourth-order valence-electron chi connectivity index (χ4n) is 2.28. The Balaban J connectivity index is 2.58. The SMILES string of the molecule is C=C(c1ccccc1C)c1cc(OC)ccc1S(=O)CC. The highest BCUT2D eigenvalue weighted by Crippen LogP contribution is 2.31. The largest absolute Gasteiger partial charge is 0.497 e. The summed E-state index contributed by atoms with van der Waals surface area (Å²) < 4.78 is 17.6. The Bertz CT molecular complexity index is 689. The van der Waals surface area contributed by atoms with Crippen molar-refractivity contribution < 1.29 is 8.95 Å². The van der Waals surface area contributed by atoms with E-state index in [1.165, 1.54) is 0 Å². The first-order valence-electron chi connectivity index (χ1n) is 6.90. The maximum absolute atomic E-state index is 12.3. The van der Waals surface area contributed by atoms with Crippen LogP contribution >= 0.6 is 0 Å². The highest BCUT2D eigenvalue weighted by atomic mass is 32.2. The number of hydrogen-bond acceptors (Lipinski definition) is 2. The third-order valence-electron chi connectivity index (χ3n) is 3.49. The average molecular weight is 300 g/mol. The van der Waals surface area contributed by atoms with Gasteiger partial charge < -0.3 is 4.74 Å². The molecule has 0 aromatic heterocycles. The molecule has 0 radical (unpaired) electrons. The summed E-state index contributed by atoms with van der Waals surface area (Å²) in [5.74, 6) is 1.33. The van der Waals surface area contributed by atoms with Gasteiger partial charge in [-0.2, -0.15) is 0 Å². The molecule has 110 valence electrons. The minimum Gasteiger partial charge on any atom is -0.497 e. The molecule has 0 N–H and O–H groups in total. The minimum atomic E-state index is -1.03. The third kappa shape index (κ3) is 3.24. The highest BCUT2D eigenvalue weighted by molar-refractivity contribution is 7.85. The monoisotopic (exact) mass is 300 g/mol. The van der Waals surface area contributed by atoms with E-state index in [1.807, 2.05) is 43.3 Å². The maximum atomic E-state index is 12.3. The number of ether oxygens (including phenoxy) is 1. The van der Waals surface area contributed by atoms with Crippen LogP contribution in [-0.4, -0.2) is 17.1 Å². The average Bonchev–Trinajstić information content (AvgIpc) is 2.53. The summed E-state index contributed by atoms with van der Waals surface area (Å²) in [6.07, 6.45) is 0. The predicted molar refractivity (Wildman–Crippen MR) is 89.3 cm³/mol. The molecule has 3 heteroatoms. The van der Waals surface area contributed by atoms with Gasteiger partial charge in [0.25, 0.3) is 0 Å². The molecule has 2 rings (SSSR count). The van der Waals surface area contributed by atoms with Gasteiger partial charge in [0, 0.05) is 16.2 Å². The van der Waals surface area contributed by atoms with Crippen LogP contribution in [0.3, 0.4) is 0 Å². The second-order valence-corrected chi connectivity index (χ2v) is 6.50. The molecular weight excluding hydrogens is 280 g/mol. The van der Waals surface area contributed by atoms with Crippen molar-refractivity contribution in [2.45, 2.75) is 18.7 Å². The van der Waals surface area contributed by atoms with Gasteiger partial charge in [0.15, 0.2) is 0 Å². The molecule has 1 atom stereocenters. The van der Waals surface area contributed by atoms with Crippen LogP contribution in [0.25, 0.3) is 5.57 Å². The van der Waals surface area contributed by atoms with Crippen LogP contribution in [0.5, 0.6) is 5.75 Å². The molecule has 0 saturated heterocycles. The zero-order valence-corrected chi connectivity index (χ0v) is 13.5. The van der Waals surface area contributed by atoms with Crippen molar-refractivity contribution in [3.63, 3.8) is 0 Å². The van der Waals surface area contributed by atoms with E-state index < -0.39 is 10.8 Å². The zero-order chi connectivity index (χ0) is 15.4. The lowest BCUT2D eigenvalue weighted by Crippen LogP contribution is -2.01. The van der Waals surface area contributed by atoms with E-state index >= 15 is 0 Å². The van der Waals surface area contributed by atoms with Gasteiger partial charge in [-0.05, 0) is 41.8 Å². The van der Waals surface area contributed by atoms with Gasteiger partial charge in [0.05, 0.1) is 17.9 Å². The summed E-state index contributed by atoms with van der Waals surface area (Å²) in [6, 6.07) is 13.7. The van der Waals surface area contributed by atoms with Crippen LogP contribution in [0.2, 0.25) is 0 Å². The Morgan fingerprint density at radius 1 is 1.19 bits per heavy atom. The van der Waals surface area contributed by atoms with Gasteiger partial charge in [-0.1, -0.05) is 37.8 Å². The molecule has 0 heterocycles. The zero-order valence-electron chi connectivity index (χ0n) is 12.7. The Morgan fingerprint density at radius 3 is 2.52 bits per heavy atom. The molecule has 1 unspecified atom stereocenters. The van der Waals surface area contributed by atoms with E-state index in [-0.39, 0.29) is 0 Å². The first-order valence-corrected chi connectivity index (χ1v) is 8.22. The molecule has 2 aromatic carbocycles. The summed E-state index contributed by atoms with van der Waals surface area (Å²) in [5, 5.41) is 0. The highest BCUT2D eigenvalue weighted by Gasteiger charge is 2.14. The molecule has 0 aliphatic rings. The Morgan fingerprint density at radius 2 is 1.90 bits per heavy atom. The topological polar surface area (TPSA) is 26.3 Å². The fraction of sp³-hybridized carbons (Fsp3) is 0.222. The molecule has 0 bridgehead atoms. The van der Waals surface area contributed by atoms with Crippen molar-refractivity contribution in [3.8, 4) is 5.75 Å². The quantitative estimate of drug-likeness (QED) is 0.827. The summed E-state index contributed by atoms with van der Waals surface area (Å²) >= 11 is 0. The van der Waals surface area contributed by atoms with E-state index in [0.717, 1.165) is 32.9 Å². The Kier molecular flexibility index (Phi) is 4.97. The second-order valence-electron chi connectivity index (χ2n) is 4.79. The number of methoxy groups -OCH3 is 1. The molecule has 2 nitrogen and oxygen atoms in total. The molecule has 21 heavy (non-hydrogen) atoms. The number of rotatable bonds is 5.